The van der Waals surface area contributed by atoms with Gasteiger partial charge < -0.3 is 20.1 Å². The van der Waals surface area contributed by atoms with Crippen molar-refractivity contribution in [3.8, 4) is 0 Å². The summed E-state index contributed by atoms with van der Waals surface area (Å²) in [5, 5.41) is 28.7. The predicted octanol–water partition coefficient (Wildman–Crippen LogP) is 3.47. The minimum atomic E-state index is -1.07. The van der Waals surface area contributed by atoms with Crippen LogP contribution in [0.1, 0.15) is 65.7 Å². The zero-order valence-electron chi connectivity index (χ0n) is 17.8. The summed E-state index contributed by atoms with van der Waals surface area (Å²) in [6.45, 7) is 6.01. The van der Waals surface area contributed by atoms with Crippen LogP contribution in [0.2, 0.25) is 0 Å². The van der Waals surface area contributed by atoms with E-state index in [1.807, 2.05) is 13.8 Å². The summed E-state index contributed by atoms with van der Waals surface area (Å²) in [6.07, 6.45) is 7.94. The second-order valence-electron chi connectivity index (χ2n) is 8.81. The maximum absolute atomic E-state index is 12.4. The van der Waals surface area contributed by atoms with Gasteiger partial charge in [0.05, 0.1) is 24.5 Å². The standard InChI is InChI=1S/C23H36O6/c1-4-15(3)23(28)29-20-11-14(2)10-17-7-5-6-16(22(17)20)8-9-18(24)12-19(25)13-21(26)27/h5,7,10,14-16,18-20,22,24-25H,4,6,8-9,11-13H2,1-3H3,(H,26,27)/t14-,15-,16?,18+,19+,20-,22+/m0/s1. The third kappa shape index (κ3) is 6.96. The molecule has 29 heavy (non-hydrogen) atoms. The second kappa shape index (κ2) is 10.9. The molecule has 2 rings (SSSR count). The normalized spacial score (nSPS) is 29.3. The first-order valence-corrected chi connectivity index (χ1v) is 10.9. The molecular weight excluding hydrogens is 372 g/mol. The molecule has 0 saturated heterocycles. The minimum absolute atomic E-state index is 0.0612. The van der Waals surface area contributed by atoms with Crippen LogP contribution < -0.4 is 0 Å². The van der Waals surface area contributed by atoms with Gasteiger partial charge in [0.25, 0.3) is 0 Å². The number of ether oxygens (including phenoxy) is 1. The highest BCUT2D eigenvalue weighted by Crippen LogP contribution is 2.43. The molecule has 6 heteroatoms. The summed E-state index contributed by atoms with van der Waals surface area (Å²) in [4.78, 5) is 23.1. The summed E-state index contributed by atoms with van der Waals surface area (Å²) in [7, 11) is 0. The molecule has 2 aliphatic carbocycles. The molecule has 0 radical (unpaired) electrons. The van der Waals surface area contributed by atoms with E-state index in [9.17, 15) is 19.8 Å². The Balaban J connectivity index is 2.02. The highest BCUT2D eigenvalue weighted by atomic mass is 16.5. The van der Waals surface area contributed by atoms with Crippen LogP contribution >= 0.6 is 0 Å². The van der Waals surface area contributed by atoms with E-state index in [1.165, 1.54) is 5.57 Å². The van der Waals surface area contributed by atoms with Crippen molar-refractivity contribution in [3.05, 3.63) is 23.8 Å². The molecule has 0 amide bonds. The molecule has 0 aromatic heterocycles. The zero-order valence-corrected chi connectivity index (χ0v) is 17.8. The van der Waals surface area contributed by atoms with E-state index < -0.39 is 18.2 Å². The Kier molecular flexibility index (Phi) is 8.90. The second-order valence-corrected chi connectivity index (χ2v) is 8.81. The predicted molar refractivity (Wildman–Crippen MR) is 110 cm³/mol. The number of fused-ring (bicyclic) bond motifs is 1. The molecule has 3 N–H and O–H groups in total. The number of aliphatic hydroxyl groups excluding tert-OH is 2. The van der Waals surface area contributed by atoms with Crippen LogP contribution in [0.4, 0.5) is 0 Å². The van der Waals surface area contributed by atoms with Crippen LogP contribution in [-0.4, -0.2) is 45.6 Å². The summed E-state index contributed by atoms with van der Waals surface area (Å²) in [6, 6.07) is 0. The molecule has 0 aromatic rings. The lowest BCUT2D eigenvalue weighted by Gasteiger charge is -2.41. The van der Waals surface area contributed by atoms with Gasteiger partial charge in [0.15, 0.2) is 0 Å². The van der Waals surface area contributed by atoms with Gasteiger partial charge in [0, 0.05) is 5.92 Å². The number of carboxylic acid groups (broad SMARTS) is 1. The fourth-order valence-corrected chi connectivity index (χ4v) is 4.48. The average molecular weight is 409 g/mol. The molecule has 0 aromatic carbocycles. The molecule has 0 spiro atoms. The number of allylic oxidation sites excluding steroid dienone is 3. The molecule has 0 fully saturated rings. The fraction of sp³-hybridized carbons (Fsp3) is 0.739. The smallest absolute Gasteiger partial charge is 0.308 e. The van der Waals surface area contributed by atoms with Crippen molar-refractivity contribution < 1.29 is 29.6 Å². The molecule has 2 aliphatic rings. The van der Waals surface area contributed by atoms with Gasteiger partial charge in [0.2, 0.25) is 0 Å². The lowest BCUT2D eigenvalue weighted by molar-refractivity contribution is -0.158. The van der Waals surface area contributed by atoms with Crippen LogP contribution in [0.5, 0.6) is 0 Å². The molecule has 6 nitrogen and oxygen atoms in total. The van der Waals surface area contributed by atoms with Crippen molar-refractivity contribution in [1.29, 1.82) is 0 Å². The number of hydrogen-bond acceptors (Lipinski definition) is 5. The number of aliphatic hydroxyl groups is 2. The van der Waals surface area contributed by atoms with Gasteiger partial charge in [-0.15, -0.1) is 0 Å². The third-order valence-electron chi connectivity index (χ3n) is 6.23. The molecule has 0 heterocycles. The number of esters is 1. The monoisotopic (exact) mass is 408 g/mol. The Hall–Kier alpha value is -1.66. The summed E-state index contributed by atoms with van der Waals surface area (Å²) < 4.78 is 5.95. The lowest BCUT2D eigenvalue weighted by Crippen LogP contribution is -2.39. The van der Waals surface area contributed by atoms with Crippen LogP contribution in [0.3, 0.4) is 0 Å². The van der Waals surface area contributed by atoms with Gasteiger partial charge >= 0.3 is 11.9 Å². The van der Waals surface area contributed by atoms with E-state index in [-0.39, 0.29) is 42.7 Å². The number of rotatable bonds is 10. The van der Waals surface area contributed by atoms with Gasteiger partial charge in [-0.2, -0.15) is 0 Å². The maximum atomic E-state index is 12.4. The van der Waals surface area contributed by atoms with Crippen LogP contribution in [0.25, 0.3) is 0 Å². The van der Waals surface area contributed by atoms with Crippen LogP contribution in [0, 0.1) is 23.7 Å². The Labute approximate surface area is 173 Å². The summed E-state index contributed by atoms with van der Waals surface area (Å²) in [5.41, 5.74) is 1.21. The van der Waals surface area contributed by atoms with Gasteiger partial charge in [0.1, 0.15) is 6.10 Å². The van der Waals surface area contributed by atoms with E-state index in [4.69, 9.17) is 9.84 Å². The van der Waals surface area contributed by atoms with Crippen molar-refractivity contribution >= 4 is 11.9 Å². The fourth-order valence-electron chi connectivity index (χ4n) is 4.48. The van der Waals surface area contributed by atoms with Crippen molar-refractivity contribution in [1.82, 2.24) is 0 Å². The first kappa shape index (κ1) is 23.6. The summed E-state index contributed by atoms with van der Waals surface area (Å²) >= 11 is 0. The molecule has 1 unspecified atom stereocenters. The zero-order chi connectivity index (χ0) is 21.6. The van der Waals surface area contributed by atoms with E-state index in [1.54, 1.807) is 0 Å². The number of carbonyl (C=O) groups excluding carboxylic acids is 1. The van der Waals surface area contributed by atoms with Gasteiger partial charge in [-0.1, -0.05) is 39.0 Å². The maximum Gasteiger partial charge on any atom is 0.308 e. The van der Waals surface area contributed by atoms with E-state index in [0.717, 1.165) is 25.7 Å². The Morgan fingerprint density at radius 1 is 1.28 bits per heavy atom. The van der Waals surface area contributed by atoms with Gasteiger partial charge in [-0.05, 0) is 55.9 Å². The topological polar surface area (TPSA) is 104 Å². The minimum Gasteiger partial charge on any atom is -0.481 e. The summed E-state index contributed by atoms with van der Waals surface area (Å²) in [5.74, 6) is -0.610. The van der Waals surface area contributed by atoms with E-state index in [2.05, 4.69) is 25.2 Å². The highest BCUT2D eigenvalue weighted by molar-refractivity contribution is 5.72. The largest absolute Gasteiger partial charge is 0.481 e. The average Bonchev–Trinajstić information content (AvgIpc) is 2.64. The SMILES string of the molecule is CC[C@H](C)C(=O)O[C@H]1C[C@@H](C)C=C2C=CCC(CC[C@@H](O)C[C@@H](O)CC(=O)O)[C@H]21. The first-order valence-electron chi connectivity index (χ1n) is 10.9. The van der Waals surface area contributed by atoms with Crippen LogP contribution in [-0.2, 0) is 14.3 Å². The molecule has 7 atom stereocenters. The number of hydrogen-bond donors (Lipinski definition) is 3. The molecule has 164 valence electrons. The Morgan fingerprint density at radius 3 is 2.66 bits per heavy atom. The van der Waals surface area contributed by atoms with Gasteiger partial charge in [-0.3, -0.25) is 9.59 Å². The molecular formula is C23H36O6. The lowest BCUT2D eigenvalue weighted by atomic mass is 9.68. The Morgan fingerprint density at radius 2 is 2.00 bits per heavy atom. The highest BCUT2D eigenvalue weighted by Gasteiger charge is 2.39. The molecule has 0 saturated carbocycles. The van der Waals surface area contributed by atoms with E-state index >= 15 is 0 Å². The van der Waals surface area contributed by atoms with E-state index in [0.29, 0.717) is 12.3 Å². The van der Waals surface area contributed by atoms with Crippen molar-refractivity contribution in [2.24, 2.45) is 23.7 Å². The Bertz CT molecular complexity index is 625. The number of carbonyl (C=O) groups is 2. The molecule has 0 aliphatic heterocycles. The van der Waals surface area contributed by atoms with Gasteiger partial charge in [-0.25, -0.2) is 0 Å². The number of aliphatic carboxylic acids is 1. The molecule has 0 bridgehead atoms. The van der Waals surface area contributed by atoms with Crippen molar-refractivity contribution in [3.63, 3.8) is 0 Å². The van der Waals surface area contributed by atoms with Crippen molar-refractivity contribution in [2.45, 2.75) is 84.0 Å². The van der Waals surface area contributed by atoms with Crippen molar-refractivity contribution in [2.75, 3.05) is 0 Å². The number of carboxylic acids is 1. The first-order chi connectivity index (χ1) is 13.7. The third-order valence-corrected chi connectivity index (χ3v) is 6.23. The quantitative estimate of drug-likeness (QED) is 0.478. The van der Waals surface area contributed by atoms with Crippen LogP contribution in [0.15, 0.2) is 23.8 Å².